The maximum Gasteiger partial charge on any atom is 0.416 e. The smallest absolute Gasteiger partial charge is 0.372 e. The predicted octanol–water partition coefficient (Wildman–Crippen LogP) is 7.81. The summed E-state index contributed by atoms with van der Waals surface area (Å²) >= 11 is 18.1. The van der Waals surface area contributed by atoms with E-state index in [1.165, 1.54) is 12.1 Å². The molecule has 0 bridgehead atoms. The third kappa shape index (κ3) is 3.74. The van der Waals surface area contributed by atoms with Crippen molar-refractivity contribution in [2.45, 2.75) is 30.0 Å². The van der Waals surface area contributed by atoms with Crippen molar-refractivity contribution in [3.8, 4) is 0 Å². The predicted molar refractivity (Wildman–Crippen MR) is 130 cm³/mol. The van der Waals surface area contributed by atoms with Crippen LogP contribution in [0.2, 0.25) is 10.0 Å². The number of halogens is 5. The number of thiocarbonyl (C=S) groups is 1. The molecule has 1 spiro atoms. The molecule has 0 radical (unpaired) electrons. The van der Waals surface area contributed by atoms with Gasteiger partial charge in [0.1, 0.15) is 0 Å². The first-order valence-corrected chi connectivity index (χ1v) is 11.4. The number of nitrogens with zero attached hydrogens (tertiary/aromatic N) is 1. The van der Waals surface area contributed by atoms with Gasteiger partial charge in [-0.3, -0.25) is 4.99 Å². The lowest BCUT2D eigenvalue weighted by Gasteiger charge is -2.48. The molecule has 0 amide bonds. The van der Waals surface area contributed by atoms with E-state index >= 15 is 0 Å². The summed E-state index contributed by atoms with van der Waals surface area (Å²) < 4.78 is 42.2. The molecule has 2 nitrogen and oxygen atoms in total. The van der Waals surface area contributed by atoms with Crippen LogP contribution in [0.5, 0.6) is 0 Å². The quantitative estimate of drug-likeness (QED) is 0.359. The minimum atomic E-state index is -4.53. The molecule has 3 aromatic rings. The maximum absolute atomic E-state index is 14.1. The summed E-state index contributed by atoms with van der Waals surface area (Å²) in [4.78, 5) is 5.11. The van der Waals surface area contributed by atoms with Gasteiger partial charge in [0, 0.05) is 28.6 Å². The number of rotatable bonds is 2. The molecule has 1 N–H and O–H groups in total. The first-order chi connectivity index (χ1) is 15.7. The van der Waals surface area contributed by atoms with Crippen LogP contribution in [0.15, 0.2) is 71.7 Å². The van der Waals surface area contributed by atoms with E-state index in [1.807, 2.05) is 24.3 Å². The zero-order chi connectivity index (χ0) is 23.4. The highest BCUT2D eigenvalue weighted by molar-refractivity contribution is 7.80. The van der Waals surface area contributed by atoms with Crippen molar-refractivity contribution in [3.63, 3.8) is 0 Å². The lowest BCUT2D eigenvalue weighted by Crippen LogP contribution is -2.53. The molecule has 8 heteroatoms. The van der Waals surface area contributed by atoms with Gasteiger partial charge in [0.15, 0.2) is 0 Å². The second-order valence-corrected chi connectivity index (χ2v) is 9.62. The van der Waals surface area contributed by atoms with Crippen LogP contribution in [-0.2, 0) is 11.6 Å². The molecular weight excluding hydrogens is 488 g/mol. The molecule has 2 aliphatic rings. The fourth-order valence-electron chi connectivity index (χ4n) is 5.09. The Hall–Kier alpha value is -2.41. The molecule has 1 fully saturated rings. The first kappa shape index (κ1) is 22.4. The fourth-order valence-corrected chi connectivity index (χ4v) is 5.73. The molecule has 0 saturated carbocycles. The molecule has 33 heavy (non-hydrogen) atoms. The topological polar surface area (TPSA) is 24.4 Å². The van der Waals surface area contributed by atoms with E-state index in [1.54, 1.807) is 30.5 Å². The lowest BCUT2D eigenvalue weighted by atomic mass is 9.59. The molecule has 168 valence electrons. The largest absolute Gasteiger partial charge is 0.416 e. The second kappa shape index (κ2) is 8.12. The Kier molecular flexibility index (Phi) is 5.51. The van der Waals surface area contributed by atoms with E-state index < -0.39 is 23.2 Å². The van der Waals surface area contributed by atoms with Crippen LogP contribution in [0.3, 0.4) is 0 Å². The van der Waals surface area contributed by atoms with Gasteiger partial charge >= 0.3 is 6.18 Å². The zero-order valence-corrected chi connectivity index (χ0v) is 19.4. The van der Waals surface area contributed by atoms with E-state index in [4.69, 9.17) is 35.4 Å². The van der Waals surface area contributed by atoms with Crippen LogP contribution in [0, 0.1) is 0 Å². The Bertz CT molecular complexity index is 1290. The number of alkyl halides is 3. The van der Waals surface area contributed by atoms with Crippen molar-refractivity contribution < 1.29 is 13.2 Å². The second-order valence-electron chi connectivity index (χ2n) is 8.25. The van der Waals surface area contributed by atoms with Crippen LogP contribution in [0.4, 0.5) is 18.9 Å². The molecule has 3 atom stereocenters. The lowest BCUT2D eigenvalue weighted by molar-refractivity contribution is -0.138. The third-order valence-corrected chi connectivity index (χ3v) is 7.18. The molecule has 3 aromatic carbocycles. The fraction of sp³-hybridized carbons (Fsp3) is 0.200. The average molecular weight is 505 g/mol. The Morgan fingerprint density at radius 3 is 2.48 bits per heavy atom. The van der Waals surface area contributed by atoms with E-state index in [0.717, 1.165) is 17.2 Å². The van der Waals surface area contributed by atoms with Crippen LogP contribution in [-0.4, -0.2) is 11.2 Å². The van der Waals surface area contributed by atoms with Gasteiger partial charge < -0.3 is 5.32 Å². The SMILES string of the molecule is FC(F)(F)c1ccccc1[C@H]1NC(=S)C[C@@H](c2cccc(Cl)c2)[C@]12C=Nc1cc(Cl)ccc12. The Labute approximate surface area is 204 Å². The highest BCUT2D eigenvalue weighted by Gasteiger charge is 2.55. The van der Waals surface area contributed by atoms with Crippen molar-refractivity contribution in [1.82, 2.24) is 5.32 Å². The summed E-state index contributed by atoms with van der Waals surface area (Å²) in [6, 6.07) is 17.5. The Morgan fingerprint density at radius 1 is 0.970 bits per heavy atom. The summed E-state index contributed by atoms with van der Waals surface area (Å²) in [7, 11) is 0. The van der Waals surface area contributed by atoms with Gasteiger partial charge in [-0.15, -0.1) is 0 Å². The summed E-state index contributed by atoms with van der Waals surface area (Å²) in [6.45, 7) is 0. The number of hydrogen-bond acceptors (Lipinski definition) is 2. The molecule has 1 saturated heterocycles. The minimum Gasteiger partial charge on any atom is -0.372 e. The molecule has 2 aliphatic heterocycles. The van der Waals surface area contributed by atoms with Gasteiger partial charge in [-0.1, -0.05) is 71.8 Å². The number of hydrogen-bond donors (Lipinski definition) is 1. The monoisotopic (exact) mass is 504 g/mol. The van der Waals surface area contributed by atoms with E-state index in [2.05, 4.69) is 10.3 Å². The van der Waals surface area contributed by atoms with Crippen LogP contribution < -0.4 is 5.32 Å². The van der Waals surface area contributed by atoms with Crippen molar-refractivity contribution in [2.24, 2.45) is 4.99 Å². The number of nitrogens with one attached hydrogen (secondary N) is 1. The van der Waals surface area contributed by atoms with Gasteiger partial charge in [0.2, 0.25) is 0 Å². The molecule has 0 unspecified atom stereocenters. The van der Waals surface area contributed by atoms with Crippen LogP contribution in [0.1, 0.15) is 40.6 Å². The molecule has 0 aromatic heterocycles. The molecule has 5 rings (SSSR count). The highest BCUT2D eigenvalue weighted by Crippen LogP contribution is 2.57. The summed E-state index contributed by atoms with van der Waals surface area (Å²) in [5.41, 5.74) is 0.803. The van der Waals surface area contributed by atoms with Crippen molar-refractivity contribution >= 4 is 52.3 Å². The van der Waals surface area contributed by atoms with Crippen molar-refractivity contribution in [2.75, 3.05) is 0 Å². The number of fused-ring (bicyclic) bond motifs is 2. The van der Waals surface area contributed by atoms with Gasteiger partial charge in [0.05, 0.1) is 27.7 Å². The molecular formula is C25H17Cl2F3N2S. The van der Waals surface area contributed by atoms with Gasteiger partial charge in [-0.25, -0.2) is 0 Å². The summed E-state index contributed by atoms with van der Waals surface area (Å²) in [5.74, 6) is -0.289. The highest BCUT2D eigenvalue weighted by atomic mass is 35.5. The van der Waals surface area contributed by atoms with E-state index in [-0.39, 0.29) is 11.5 Å². The number of piperidine rings is 1. The first-order valence-electron chi connectivity index (χ1n) is 10.3. The van der Waals surface area contributed by atoms with Crippen LogP contribution >= 0.6 is 35.4 Å². The van der Waals surface area contributed by atoms with E-state index in [9.17, 15) is 13.2 Å². The van der Waals surface area contributed by atoms with Crippen molar-refractivity contribution in [3.05, 3.63) is 99.0 Å². The molecule has 2 heterocycles. The van der Waals surface area contributed by atoms with Gasteiger partial charge in [-0.05, 0) is 47.0 Å². The minimum absolute atomic E-state index is 0.119. The number of aliphatic imine (C=N–C) groups is 1. The average Bonchev–Trinajstić information content (AvgIpc) is 3.13. The normalized spacial score (nSPS) is 24.1. The zero-order valence-electron chi connectivity index (χ0n) is 17.0. The Morgan fingerprint density at radius 2 is 1.73 bits per heavy atom. The van der Waals surface area contributed by atoms with E-state index in [0.29, 0.717) is 27.1 Å². The Balaban J connectivity index is 1.80. The number of benzene rings is 3. The maximum atomic E-state index is 14.1. The third-order valence-electron chi connectivity index (χ3n) is 6.42. The van der Waals surface area contributed by atoms with Crippen LogP contribution in [0.25, 0.3) is 0 Å². The van der Waals surface area contributed by atoms with Crippen molar-refractivity contribution in [1.29, 1.82) is 0 Å². The summed E-state index contributed by atoms with van der Waals surface area (Å²) in [5, 5.41) is 4.28. The molecule has 0 aliphatic carbocycles. The standard InChI is InChI=1S/C25H17Cl2F3N2S/c26-15-5-3-4-14(10-15)20-12-22(33)32-23(17-6-1-2-7-18(17)25(28,29)30)24(20)13-31-21-11-16(27)8-9-19(21)24/h1-11,13,20,23H,12H2,(H,32,33)/t20-,23+,24+/m0/s1. The van der Waals surface area contributed by atoms with Gasteiger partial charge in [-0.2, -0.15) is 13.2 Å². The summed E-state index contributed by atoms with van der Waals surface area (Å²) in [6.07, 6.45) is -2.33. The van der Waals surface area contributed by atoms with Gasteiger partial charge in [0.25, 0.3) is 0 Å².